The van der Waals surface area contributed by atoms with Crippen molar-refractivity contribution in [2.24, 2.45) is 0 Å². The zero-order chi connectivity index (χ0) is 5.21. The van der Waals surface area contributed by atoms with Crippen molar-refractivity contribution in [3.8, 4) is 0 Å². The molecule has 0 heterocycles. The Morgan fingerprint density at radius 1 is 1.67 bits per heavy atom. The average Bonchev–Trinajstić information content (AvgIpc) is 1.35. The SMILES string of the molecule is CC(C)(S)C=N. The summed E-state index contributed by atoms with van der Waals surface area (Å²) in [5, 5.41) is 6.65. The summed E-state index contributed by atoms with van der Waals surface area (Å²) >= 11 is 4.01. The summed E-state index contributed by atoms with van der Waals surface area (Å²) < 4.78 is -0.222. The number of rotatable bonds is 1. The van der Waals surface area contributed by atoms with E-state index in [1.54, 1.807) is 0 Å². The molecule has 0 aromatic rings. The molecule has 1 nitrogen and oxygen atoms in total. The number of nitrogens with one attached hydrogen (secondary N) is 1. The van der Waals surface area contributed by atoms with Gasteiger partial charge in [-0.2, -0.15) is 12.6 Å². The Labute approximate surface area is 43.7 Å². The van der Waals surface area contributed by atoms with Crippen LogP contribution in [-0.2, 0) is 0 Å². The van der Waals surface area contributed by atoms with Gasteiger partial charge in [0, 0.05) is 11.0 Å². The Bertz CT molecular complexity index is 53.1. The van der Waals surface area contributed by atoms with E-state index in [1.165, 1.54) is 6.21 Å². The van der Waals surface area contributed by atoms with Gasteiger partial charge < -0.3 is 5.41 Å². The van der Waals surface area contributed by atoms with Crippen LogP contribution in [0.15, 0.2) is 0 Å². The Morgan fingerprint density at radius 2 is 1.83 bits per heavy atom. The molecule has 0 radical (unpaired) electrons. The van der Waals surface area contributed by atoms with E-state index in [-0.39, 0.29) is 4.75 Å². The molecule has 0 aliphatic heterocycles. The van der Waals surface area contributed by atoms with Crippen molar-refractivity contribution in [3.63, 3.8) is 0 Å². The van der Waals surface area contributed by atoms with Crippen LogP contribution < -0.4 is 0 Å². The third kappa shape index (κ3) is 4.02. The summed E-state index contributed by atoms with van der Waals surface area (Å²) in [4.78, 5) is 0. The molecule has 0 atom stereocenters. The minimum absolute atomic E-state index is 0.222. The molecule has 6 heavy (non-hydrogen) atoms. The predicted octanol–water partition coefficient (Wildman–Crippen LogP) is 1.34. The van der Waals surface area contributed by atoms with Gasteiger partial charge in [0.25, 0.3) is 0 Å². The van der Waals surface area contributed by atoms with Crippen LogP contribution in [-0.4, -0.2) is 11.0 Å². The molecule has 0 aromatic carbocycles. The van der Waals surface area contributed by atoms with Gasteiger partial charge in [0.2, 0.25) is 0 Å². The molecule has 0 aliphatic carbocycles. The molecule has 0 bridgehead atoms. The van der Waals surface area contributed by atoms with Crippen molar-refractivity contribution in [2.75, 3.05) is 0 Å². The lowest BCUT2D eigenvalue weighted by Gasteiger charge is -2.05. The second kappa shape index (κ2) is 1.65. The van der Waals surface area contributed by atoms with Gasteiger partial charge in [-0.1, -0.05) is 0 Å². The molecule has 0 spiro atoms. The summed E-state index contributed by atoms with van der Waals surface area (Å²) in [5.74, 6) is 0. The average molecular weight is 103 g/mol. The number of hydrogen-bond acceptors (Lipinski definition) is 2. The molecular formula is C4H9NS. The van der Waals surface area contributed by atoms with Gasteiger partial charge in [-0.25, -0.2) is 0 Å². The smallest absolute Gasteiger partial charge is 0.0418 e. The van der Waals surface area contributed by atoms with E-state index in [1.807, 2.05) is 13.8 Å². The predicted molar refractivity (Wildman–Crippen MR) is 31.8 cm³/mol. The lowest BCUT2D eigenvalue weighted by molar-refractivity contribution is 0.977. The van der Waals surface area contributed by atoms with Crippen molar-refractivity contribution in [1.29, 1.82) is 5.41 Å². The van der Waals surface area contributed by atoms with Crippen LogP contribution in [0.25, 0.3) is 0 Å². The first-order valence-electron chi connectivity index (χ1n) is 1.80. The third-order valence-corrected chi connectivity index (χ3v) is 0.482. The maximum Gasteiger partial charge on any atom is 0.0418 e. The van der Waals surface area contributed by atoms with Gasteiger partial charge in [0.15, 0.2) is 0 Å². The van der Waals surface area contributed by atoms with Gasteiger partial charge >= 0.3 is 0 Å². The normalized spacial score (nSPS) is 11.2. The maximum atomic E-state index is 6.65. The van der Waals surface area contributed by atoms with E-state index in [4.69, 9.17) is 5.41 Å². The maximum absolute atomic E-state index is 6.65. The zero-order valence-corrected chi connectivity index (χ0v) is 4.92. The van der Waals surface area contributed by atoms with Gasteiger partial charge in [-0.3, -0.25) is 0 Å². The van der Waals surface area contributed by atoms with E-state index in [0.29, 0.717) is 0 Å². The minimum Gasteiger partial charge on any atom is -0.312 e. The molecule has 2 heteroatoms. The van der Waals surface area contributed by atoms with Crippen LogP contribution in [0.2, 0.25) is 0 Å². The molecule has 0 saturated carbocycles. The molecular weight excluding hydrogens is 94.1 g/mol. The van der Waals surface area contributed by atoms with Crippen LogP contribution in [0.4, 0.5) is 0 Å². The number of hydrogen-bond donors (Lipinski definition) is 2. The summed E-state index contributed by atoms with van der Waals surface area (Å²) in [6.07, 6.45) is 1.30. The lowest BCUT2D eigenvalue weighted by Crippen LogP contribution is -2.09. The fourth-order valence-electron chi connectivity index (χ4n) is 0. The van der Waals surface area contributed by atoms with E-state index >= 15 is 0 Å². The summed E-state index contributed by atoms with van der Waals surface area (Å²) in [6.45, 7) is 3.73. The number of thiol groups is 1. The van der Waals surface area contributed by atoms with Gasteiger partial charge in [-0.05, 0) is 13.8 Å². The Balaban J connectivity index is 3.45. The summed E-state index contributed by atoms with van der Waals surface area (Å²) in [5.41, 5.74) is 0. The second-order valence-electron chi connectivity index (χ2n) is 1.80. The molecule has 36 valence electrons. The molecule has 0 aromatic heterocycles. The standard InChI is InChI=1S/C4H9NS/c1-4(2,6)3-5/h3,5-6H,1-2H3. The molecule has 1 N–H and O–H groups in total. The molecule has 0 unspecified atom stereocenters. The highest BCUT2D eigenvalue weighted by Crippen LogP contribution is 2.05. The fourth-order valence-corrected chi connectivity index (χ4v) is 0. The van der Waals surface area contributed by atoms with Crippen molar-refractivity contribution < 1.29 is 0 Å². The highest BCUT2D eigenvalue weighted by atomic mass is 32.1. The molecule has 0 aliphatic rings. The van der Waals surface area contributed by atoms with Crippen molar-refractivity contribution >= 4 is 18.8 Å². The van der Waals surface area contributed by atoms with Crippen molar-refractivity contribution in [2.45, 2.75) is 18.6 Å². The van der Waals surface area contributed by atoms with E-state index in [0.717, 1.165) is 0 Å². The van der Waals surface area contributed by atoms with Crippen molar-refractivity contribution in [1.82, 2.24) is 0 Å². The molecule has 0 saturated heterocycles. The Morgan fingerprint density at radius 3 is 1.83 bits per heavy atom. The van der Waals surface area contributed by atoms with E-state index in [9.17, 15) is 0 Å². The van der Waals surface area contributed by atoms with Crippen LogP contribution in [0.5, 0.6) is 0 Å². The lowest BCUT2D eigenvalue weighted by atomic mass is 10.2. The van der Waals surface area contributed by atoms with Gasteiger partial charge in [0.05, 0.1) is 0 Å². The van der Waals surface area contributed by atoms with Gasteiger partial charge in [0.1, 0.15) is 0 Å². The molecule has 0 rings (SSSR count). The largest absolute Gasteiger partial charge is 0.312 e. The topological polar surface area (TPSA) is 23.9 Å². The highest BCUT2D eigenvalue weighted by Gasteiger charge is 2.02. The van der Waals surface area contributed by atoms with Crippen molar-refractivity contribution in [3.05, 3.63) is 0 Å². The summed E-state index contributed by atoms with van der Waals surface area (Å²) in [6, 6.07) is 0. The first-order valence-corrected chi connectivity index (χ1v) is 2.25. The van der Waals surface area contributed by atoms with E-state index < -0.39 is 0 Å². The van der Waals surface area contributed by atoms with Crippen LogP contribution >= 0.6 is 12.6 Å². The second-order valence-corrected chi connectivity index (χ2v) is 2.95. The van der Waals surface area contributed by atoms with Crippen LogP contribution in [0, 0.1) is 5.41 Å². The van der Waals surface area contributed by atoms with Crippen LogP contribution in [0.1, 0.15) is 13.8 Å². The molecule has 0 fully saturated rings. The first kappa shape index (κ1) is 6.02. The van der Waals surface area contributed by atoms with Crippen LogP contribution in [0.3, 0.4) is 0 Å². The molecule has 0 amide bonds. The Kier molecular flexibility index (Phi) is 1.65. The highest BCUT2D eigenvalue weighted by molar-refractivity contribution is 7.82. The third-order valence-electron chi connectivity index (χ3n) is 0.353. The fraction of sp³-hybridized carbons (Fsp3) is 0.750. The minimum atomic E-state index is -0.222. The quantitative estimate of drug-likeness (QED) is 0.370. The first-order chi connectivity index (χ1) is 2.56. The zero-order valence-electron chi connectivity index (χ0n) is 4.02. The Hall–Kier alpha value is 0.0200. The monoisotopic (exact) mass is 103 g/mol. The van der Waals surface area contributed by atoms with Gasteiger partial charge in [-0.15, -0.1) is 0 Å². The summed E-state index contributed by atoms with van der Waals surface area (Å²) in [7, 11) is 0. The van der Waals surface area contributed by atoms with E-state index in [2.05, 4.69) is 12.6 Å².